The van der Waals surface area contributed by atoms with Crippen molar-refractivity contribution in [3.63, 3.8) is 0 Å². The molecule has 0 fully saturated rings. The lowest BCUT2D eigenvalue weighted by Gasteiger charge is -2.20. The second kappa shape index (κ2) is 6.48. The Morgan fingerprint density at radius 1 is 1.32 bits per heavy atom. The molecular formula is C14H13BrF3NO3. The van der Waals surface area contributed by atoms with Gasteiger partial charge in [0.1, 0.15) is 11.4 Å². The maximum Gasteiger partial charge on any atom is 0.573 e. The van der Waals surface area contributed by atoms with E-state index in [1.165, 1.54) is 0 Å². The summed E-state index contributed by atoms with van der Waals surface area (Å²) in [5.74, 6) is 1.69. The van der Waals surface area contributed by atoms with Crippen molar-refractivity contribution in [3.8, 4) is 18.1 Å². The van der Waals surface area contributed by atoms with Crippen molar-refractivity contribution >= 4 is 27.7 Å². The zero-order chi connectivity index (χ0) is 17.1. The minimum Gasteiger partial charge on any atom is -0.444 e. The van der Waals surface area contributed by atoms with Gasteiger partial charge in [0.15, 0.2) is 0 Å². The van der Waals surface area contributed by atoms with E-state index in [4.69, 9.17) is 11.2 Å². The molecule has 0 saturated heterocycles. The van der Waals surface area contributed by atoms with Gasteiger partial charge in [0, 0.05) is 4.47 Å². The van der Waals surface area contributed by atoms with Gasteiger partial charge in [0.25, 0.3) is 0 Å². The number of nitrogens with one attached hydrogen (secondary N) is 1. The average Bonchev–Trinajstić information content (AvgIpc) is 2.27. The van der Waals surface area contributed by atoms with Crippen LogP contribution in [0.25, 0.3) is 0 Å². The van der Waals surface area contributed by atoms with E-state index < -0.39 is 23.8 Å². The lowest BCUT2D eigenvalue weighted by Crippen LogP contribution is -2.27. The zero-order valence-corrected chi connectivity index (χ0v) is 13.6. The minimum absolute atomic E-state index is 0.0134. The normalized spacial score (nSPS) is 11.5. The monoisotopic (exact) mass is 379 g/mol. The third kappa shape index (κ3) is 5.85. The lowest BCUT2D eigenvalue weighted by atomic mass is 10.1. The summed E-state index contributed by atoms with van der Waals surface area (Å²) in [6, 6.07) is 2.03. The van der Waals surface area contributed by atoms with Crippen molar-refractivity contribution in [1.29, 1.82) is 0 Å². The first kappa shape index (κ1) is 18.2. The van der Waals surface area contributed by atoms with Gasteiger partial charge in [0.05, 0.1) is 11.3 Å². The van der Waals surface area contributed by atoms with Crippen LogP contribution in [-0.4, -0.2) is 18.1 Å². The molecule has 0 aliphatic carbocycles. The predicted octanol–water partition coefficient (Wildman–Crippen LogP) is 4.68. The number of carbonyl (C=O) groups excluding carboxylic acids is 1. The maximum atomic E-state index is 12.2. The number of anilines is 1. The first-order valence-electron chi connectivity index (χ1n) is 5.97. The first-order chi connectivity index (χ1) is 9.91. The Hall–Kier alpha value is -1.88. The smallest absolute Gasteiger partial charge is 0.444 e. The molecule has 1 N–H and O–H groups in total. The Labute approximate surface area is 134 Å². The molecule has 0 aliphatic heterocycles. The fourth-order valence-electron chi connectivity index (χ4n) is 1.42. The number of ether oxygens (including phenoxy) is 2. The fourth-order valence-corrected chi connectivity index (χ4v) is 1.96. The number of benzene rings is 1. The molecule has 8 heteroatoms. The summed E-state index contributed by atoms with van der Waals surface area (Å²) in [7, 11) is 0. The zero-order valence-electron chi connectivity index (χ0n) is 12.0. The Bertz CT molecular complexity index is 615. The van der Waals surface area contributed by atoms with E-state index in [9.17, 15) is 18.0 Å². The molecule has 22 heavy (non-hydrogen) atoms. The molecule has 0 atom stereocenters. The van der Waals surface area contributed by atoms with Crippen molar-refractivity contribution < 1.29 is 27.4 Å². The average molecular weight is 380 g/mol. The topological polar surface area (TPSA) is 47.6 Å². The first-order valence-corrected chi connectivity index (χ1v) is 6.76. The summed E-state index contributed by atoms with van der Waals surface area (Å²) in [5.41, 5.74) is -0.600. The molecule has 120 valence electrons. The third-order valence-electron chi connectivity index (χ3n) is 2.08. The number of rotatable bonds is 2. The van der Waals surface area contributed by atoms with Crippen molar-refractivity contribution in [1.82, 2.24) is 0 Å². The molecule has 4 nitrogen and oxygen atoms in total. The molecule has 0 spiro atoms. The highest BCUT2D eigenvalue weighted by atomic mass is 79.9. The van der Waals surface area contributed by atoms with Crippen LogP contribution in [-0.2, 0) is 4.74 Å². The number of carbonyl (C=O) groups is 1. The number of hydrogen-bond donors (Lipinski definition) is 1. The van der Waals surface area contributed by atoms with E-state index in [1.807, 2.05) is 0 Å². The summed E-state index contributed by atoms with van der Waals surface area (Å²) >= 11 is 3.04. The summed E-state index contributed by atoms with van der Waals surface area (Å²) in [4.78, 5) is 11.7. The van der Waals surface area contributed by atoms with Gasteiger partial charge in [-0.15, -0.1) is 19.6 Å². The molecule has 1 aromatic carbocycles. The van der Waals surface area contributed by atoms with Crippen LogP contribution >= 0.6 is 15.9 Å². The van der Waals surface area contributed by atoms with Crippen LogP contribution in [0, 0.1) is 12.3 Å². The van der Waals surface area contributed by atoms with Gasteiger partial charge in [-0.05, 0) is 48.8 Å². The Kier molecular flexibility index (Phi) is 5.35. The molecular weight excluding hydrogens is 367 g/mol. The molecule has 0 unspecified atom stereocenters. The summed E-state index contributed by atoms with van der Waals surface area (Å²) in [6.07, 6.45) is -0.370. The Balaban J connectivity index is 3.07. The maximum absolute atomic E-state index is 12.2. The number of amides is 1. The SMILES string of the molecule is C#Cc1cc(OC(F)(F)F)cc(Br)c1NC(=O)OC(C)(C)C. The van der Waals surface area contributed by atoms with E-state index >= 15 is 0 Å². The van der Waals surface area contributed by atoms with Gasteiger partial charge in [-0.1, -0.05) is 5.92 Å². The minimum atomic E-state index is -4.84. The second-order valence-corrected chi connectivity index (χ2v) is 6.00. The van der Waals surface area contributed by atoms with Gasteiger partial charge in [-0.3, -0.25) is 5.32 Å². The number of alkyl halides is 3. The van der Waals surface area contributed by atoms with Crippen LogP contribution in [0.15, 0.2) is 16.6 Å². The molecule has 1 rings (SSSR count). The predicted molar refractivity (Wildman–Crippen MR) is 78.6 cm³/mol. The van der Waals surface area contributed by atoms with Gasteiger partial charge in [-0.25, -0.2) is 4.79 Å². The number of terminal acetylenes is 1. The molecule has 1 amide bonds. The van der Waals surface area contributed by atoms with E-state index in [2.05, 4.69) is 31.9 Å². The van der Waals surface area contributed by atoms with Crippen LogP contribution < -0.4 is 10.1 Å². The van der Waals surface area contributed by atoms with Crippen molar-refractivity contribution in [2.75, 3.05) is 5.32 Å². The second-order valence-electron chi connectivity index (χ2n) is 5.15. The number of hydrogen-bond acceptors (Lipinski definition) is 3. The van der Waals surface area contributed by atoms with E-state index in [1.54, 1.807) is 20.8 Å². The Morgan fingerprint density at radius 3 is 2.36 bits per heavy atom. The lowest BCUT2D eigenvalue weighted by molar-refractivity contribution is -0.274. The van der Waals surface area contributed by atoms with E-state index in [0.717, 1.165) is 12.1 Å². The molecule has 0 saturated carbocycles. The van der Waals surface area contributed by atoms with Crippen molar-refractivity contribution in [3.05, 3.63) is 22.2 Å². The van der Waals surface area contributed by atoms with Crippen molar-refractivity contribution in [2.45, 2.75) is 32.7 Å². The quantitative estimate of drug-likeness (QED) is 0.759. The standard InChI is InChI=1S/C14H13BrF3NO3/c1-5-8-6-9(21-14(16,17)18)7-10(15)11(8)19-12(20)22-13(2,3)4/h1,6-7H,2-4H3,(H,19,20). The van der Waals surface area contributed by atoms with Crippen molar-refractivity contribution in [2.24, 2.45) is 0 Å². The molecule has 0 bridgehead atoms. The summed E-state index contributed by atoms with van der Waals surface area (Å²) in [5, 5.41) is 2.39. The van der Waals surface area contributed by atoms with Crippen LogP contribution in [0.4, 0.5) is 23.7 Å². The molecule has 1 aromatic rings. The largest absolute Gasteiger partial charge is 0.573 e. The number of halogens is 4. The van der Waals surface area contributed by atoms with Gasteiger partial charge >= 0.3 is 12.5 Å². The van der Waals surface area contributed by atoms with Gasteiger partial charge in [-0.2, -0.15) is 0 Å². The Morgan fingerprint density at radius 2 is 1.91 bits per heavy atom. The summed E-state index contributed by atoms with van der Waals surface area (Å²) < 4.78 is 45.7. The fraction of sp³-hybridized carbons (Fsp3) is 0.357. The van der Waals surface area contributed by atoms with E-state index in [0.29, 0.717) is 0 Å². The highest BCUT2D eigenvalue weighted by molar-refractivity contribution is 9.10. The molecule has 0 heterocycles. The third-order valence-corrected chi connectivity index (χ3v) is 2.70. The molecule has 0 radical (unpaired) electrons. The molecule has 0 aromatic heterocycles. The summed E-state index contributed by atoms with van der Waals surface area (Å²) in [6.45, 7) is 5.01. The van der Waals surface area contributed by atoms with Crippen LogP contribution in [0.2, 0.25) is 0 Å². The molecule has 0 aliphatic rings. The van der Waals surface area contributed by atoms with Crippen LogP contribution in [0.3, 0.4) is 0 Å². The highest BCUT2D eigenvalue weighted by Crippen LogP contribution is 2.34. The van der Waals surface area contributed by atoms with Crippen LogP contribution in [0.5, 0.6) is 5.75 Å². The van der Waals surface area contributed by atoms with Gasteiger partial charge in [0.2, 0.25) is 0 Å². The van der Waals surface area contributed by atoms with Gasteiger partial charge < -0.3 is 9.47 Å². The van der Waals surface area contributed by atoms with Crippen LogP contribution in [0.1, 0.15) is 26.3 Å². The van der Waals surface area contributed by atoms with E-state index in [-0.39, 0.29) is 15.7 Å². The highest BCUT2D eigenvalue weighted by Gasteiger charge is 2.31.